The third-order valence-corrected chi connectivity index (χ3v) is 6.85. The van der Waals surface area contributed by atoms with Gasteiger partial charge in [0.1, 0.15) is 11.2 Å². The van der Waals surface area contributed by atoms with E-state index in [1.165, 1.54) is 0 Å². The first kappa shape index (κ1) is 22.4. The minimum atomic E-state index is 0.142. The summed E-state index contributed by atoms with van der Waals surface area (Å²) in [5.41, 5.74) is 7.69. The lowest BCUT2D eigenvalue weighted by Gasteiger charge is -2.09. The molecule has 0 aliphatic rings. The van der Waals surface area contributed by atoms with Crippen LogP contribution in [-0.2, 0) is 0 Å². The van der Waals surface area contributed by atoms with Gasteiger partial charge < -0.3 is 4.42 Å². The molecule has 0 N–H and O–H groups in total. The maximum atomic E-state index is 6.43. The molecule has 0 saturated carbocycles. The molecule has 5 aromatic carbocycles. The molecule has 0 radical (unpaired) electrons. The van der Waals surface area contributed by atoms with E-state index in [4.69, 9.17) is 21.0 Å². The number of hydrogen-bond donors (Lipinski definition) is 0. The number of aromatic nitrogens is 3. The molecule has 2 aromatic heterocycles. The SMILES string of the molecule is Clc1nc(-c2ccc(-c3ccccc3)cc2)nc(-c2cc(-c3ccccc3)c3c(c2)oc2ccccc23)n1. The van der Waals surface area contributed by atoms with Crippen molar-refractivity contribution in [1.82, 2.24) is 15.0 Å². The second-order valence-corrected chi connectivity index (χ2v) is 9.39. The van der Waals surface area contributed by atoms with Crippen LogP contribution in [0.3, 0.4) is 0 Å². The van der Waals surface area contributed by atoms with E-state index in [0.717, 1.165) is 55.3 Å². The highest BCUT2D eigenvalue weighted by Crippen LogP contribution is 2.39. The van der Waals surface area contributed by atoms with Gasteiger partial charge in [0.25, 0.3) is 0 Å². The normalized spacial score (nSPS) is 11.3. The summed E-state index contributed by atoms with van der Waals surface area (Å²) in [6, 6.07) is 40.9. The standard InChI is InChI=1S/C33H20ClN3O/c34-33-36-31(24-17-15-22(16-18-24)21-9-3-1-4-10-21)35-32(37-33)25-19-27(23-11-5-2-6-12-23)30-26-13-7-8-14-28(26)38-29(30)20-25/h1-20H. The lowest BCUT2D eigenvalue weighted by molar-refractivity contribution is 0.669. The molecule has 0 spiro atoms. The number of hydrogen-bond acceptors (Lipinski definition) is 4. The van der Waals surface area contributed by atoms with E-state index in [2.05, 4.69) is 58.5 Å². The maximum absolute atomic E-state index is 6.43. The van der Waals surface area contributed by atoms with Crippen LogP contribution in [0.1, 0.15) is 0 Å². The number of nitrogens with zero attached hydrogens (tertiary/aromatic N) is 3. The van der Waals surface area contributed by atoms with Crippen molar-refractivity contribution in [2.45, 2.75) is 0 Å². The molecule has 7 rings (SSSR count). The Morgan fingerprint density at radius 3 is 1.79 bits per heavy atom. The fourth-order valence-electron chi connectivity index (χ4n) is 4.88. The van der Waals surface area contributed by atoms with Gasteiger partial charge in [-0.1, -0.05) is 103 Å². The van der Waals surface area contributed by atoms with Gasteiger partial charge in [0.05, 0.1) is 0 Å². The molecule has 38 heavy (non-hydrogen) atoms. The molecule has 0 aliphatic carbocycles. The van der Waals surface area contributed by atoms with Crippen LogP contribution < -0.4 is 0 Å². The highest BCUT2D eigenvalue weighted by atomic mass is 35.5. The van der Waals surface area contributed by atoms with Crippen molar-refractivity contribution < 1.29 is 4.42 Å². The monoisotopic (exact) mass is 509 g/mol. The van der Waals surface area contributed by atoms with Crippen molar-refractivity contribution in [3.8, 4) is 45.0 Å². The third kappa shape index (κ3) is 4.01. The number of rotatable bonds is 4. The fourth-order valence-corrected chi connectivity index (χ4v) is 5.04. The lowest BCUT2D eigenvalue weighted by atomic mass is 9.97. The molecule has 180 valence electrons. The largest absolute Gasteiger partial charge is 0.456 e. The molecular formula is C33H20ClN3O. The topological polar surface area (TPSA) is 51.8 Å². The molecule has 0 saturated heterocycles. The Bertz CT molecular complexity index is 1910. The fraction of sp³-hybridized carbons (Fsp3) is 0. The van der Waals surface area contributed by atoms with Gasteiger partial charge in [0.2, 0.25) is 5.28 Å². The Hall–Kier alpha value is -4.80. The van der Waals surface area contributed by atoms with Gasteiger partial charge in [-0.2, -0.15) is 9.97 Å². The average Bonchev–Trinajstić information content (AvgIpc) is 3.36. The number of halogens is 1. The molecule has 0 aliphatic heterocycles. The molecule has 0 amide bonds. The van der Waals surface area contributed by atoms with Gasteiger partial charge in [0.15, 0.2) is 11.6 Å². The summed E-state index contributed by atoms with van der Waals surface area (Å²) in [4.78, 5) is 13.7. The zero-order chi connectivity index (χ0) is 25.5. The minimum Gasteiger partial charge on any atom is -0.456 e. The van der Waals surface area contributed by atoms with E-state index in [1.54, 1.807) is 0 Å². The van der Waals surface area contributed by atoms with E-state index in [-0.39, 0.29) is 5.28 Å². The van der Waals surface area contributed by atoms with Crippen LogP contribution in [0.25, 0.3) is 67.0 Å². The summed E-state index contributed by atoms with van der Waals surface area (Å²) in [5.74, 6) is 1.01. The zero-order valence-electron chi connectivity index (χ0n) is 20.2. The van der Waals surface area contributed by atoms with Crippen molar-refractivity contribution in [2.75, 3.05) is 0 Å². The van der Waals surface area contributed by atoms with E-state index < -0.39 is 0 Å². The zero-order valence-corrected chi connectivity index (χ0v) is 20.9. The molecular weight excluding hydrogens is 490 g/mol. The van der Waals surface area contributed by atoms with Gasteiger partial charge in [-0.15, -0.1) is 0 Å². The maximum Gasteiger partial charge on any atom is 0.226 e. The molecule has 0 unspecified atom stereocenters. The predicted octanol–water partition coefficient (Wildman–Crippen LogP) is 9.09. The summed E-state index contributed by atoms with van der Waals surface area (Å²) in [7, 11) is 0. The summed E-state index contributed by atoms with van der Waals surface area (Å²) < 4.78 is 6.27. The second-order valence-electron chi connectivity index (χ2n) is 9.06. The molecule has 0 fully saturated rings. The second kappa shape index (κ2) is 9.25. The molecule has 7 aromatic rings. The van der Waals surface area contributed by atoms with Gasteiger partial charge in [-0.3, -0.25) is 0 Å². The van der Waals surface area contributed by atoms with Crippen molar-refractivity contribution in [2.24, 2.45) is 0 Å². The average molecular weight is 510 g/mol. The van der Waals surface area contributed by atoms with Crippen molar-refractivity contribution in [1.29, 1.82) is 0 Å². The van der Waals surface area contributed by atoms with Gasteiger partial charge in [-0.25, -0.2) is 4.98 Å². The first-order valence-electron chi connectivity index (χ1n) is 12.3. The van der Waals surface area contributed by atoms with E-state index in [9.17, 15) is 0 Å². The highest BCUT2D eigenvalue weighted by Gasteiger charge is 2.17. The minimum absolute atomic E-state index is 0.142. The molecule has 5 heteroatoms. The Balaban J connectivity index is 1.37. The Kier molecular flexibility index (Phi) is 5.46. The number of benzene rings is 5. The highest BCUT2D eigenvalue weighted by molar-refractivity contribution is 6.28. The van der Waals surface area contributed by atoms with Crippen LogP contribution in [-0.4, -0.2) is 15.0 Å². The lowest BCUT2D eigenvalue weighted by Crippen LogP contribution is -1.97. The summed E-state index contributed by atoms with van der Waals surface area (Å²) >= 11 is 6.43. The number of para-hydroxylation sites is 1. The van der Waals surface area contributed by atoms with Crippen LogP contribution >= 0.6 is 11.6 Å². The van der Waals surface area contributed by atoms with E-state index in [0.29, 0.717) is 11.6 Å². The van der Waals surface area contributed by atoms with Crippen molar-refractivity contribution in [3.63, 3.8) is 0 Å². The van der Waals surface area contributed by atoms with Gasteiger partial charge in [-0.05, 0) is 52.1 Å². The smallest absolute Gasteiger partial charge is 0.226 e. The number of fused-ring (bicyclic) bond motifs is 3. The molecule has 0 bridgehead atoms. The molecule has 0 atom stereocenters. The first-order valence-corrected chi connectivity index (χ1v) is 12.7. The third-order valence-electron chi connectivity index (χ3n) is 6.68. The Labute approximate surface area is 224 Å². The van der Waals surface area contributed by atoms with Crippen LogP contribution in [0.4, 0.5) is 0 Å². The summed E-state index contributed by atoms with van der Waals surface area (Å²) in [5, 5.41) is 2.27. The predicted molar refractivity (Wildman–Crippen MR) is 154 cm³/mol. The van der Waals surface area contributed by atoms with E-state index >= 15 is 0 Å². The Morgan fingerprint density at radius 2 is 1.05 bits per heavy atom. The Morgan fingerprint density at radius 1 is 0.474 bits per heavy atom. The van der Waals surface area contributed by atoms with Crippen LogP contribution in [0.15, 0.2) is 126 Å². The number of furan rings is 1. The molecule has 2 heterocycles. The van der Waals surface area contributed by atoms with Crippen LogP contribution in [0.2, 0.25) is 5.28 Å². The van der Waals surface area contributed by atoms with E-state index in [1.807, 2.05) is 72.8 Å². The van der Waals surface area contributed by atoms with Crippen LogP contribution in [0, 0.1) is 0 Å². The van der Waals surface area contributed by atoms with Gasteiger partial charge in [0, 0.05) is 21.9 Å². The van der Waals surface area contributed by atoms with Crippen LogP contribution in [0.5, 0.6) is 0 Å². The van der Waals surface area contributed by atoms with Crippen molar-refractivity contribution >= 4 is 33.5 Å². The quantitative estimate of drug-likeness (QED) is 0.237. The molecule has 4 nitrogen and oxygen atoms in total. The summed E-state index contributed by atoms with van der Waals surface area (Å²) in [6.45, 7) is 0. The van der Waals surface area contributed by atoms with Gasteiger partial charge >= 0.3 is 0 Å². The first-order chi connectivity index (χ1) is 18.7. The summed E-state index contributed by atoms with van der Waals surface area (Å²) in [6.07, 6.45) is 0. The van der Waals surface area contributed by atoms with Crippen molar-refractivity contribution in [3.05, 3.63) is 127 Å².